The van der Waals surface area contributed by atoms with Gasteiger partial charge in [-0.1, -0.05) is 0 Å². The summed E-state index contributed by atoms with van der Waals surface area (Å²) in [6, 6.07) is 5.73. The van der Waals surface area contributed by atoms with Crippen LogP contribution in [0.5, 0.6) is 0 Å². The third-order valence-corrected chi connectivity index (χ3v) is 2.93. The number of nitrogens with one attached hydrogen (secondary N) is 2. The number of carbonyl (C=O) groups excluding carboxylic acids is 1. The molecule has 2 rings (SSSR count). The molecule has 110 valence electrons. The summed E-state index contributed by atoms with van der Waals surface area (Å²) in [6.07, 6.45) is 1.47. The van der Waals surface area contributed by atoms with Gasteiger partial charge in [0.15, 0.2) is 5.11 Å². The summed E-state index contributed by atoms with van der Waals surface area (Å²) in [5, 5.41) is 10.0. The highest BCUT2D eigenvalue weighted by Gasteiger charge is 2.16. The number of primary amides is 1. The van der Waals surface area contributed by atoms with Crippen LogP contribution in [-0.2, 0) is 6.54 Å². The number of rotatable bonds is 4. The maximum absolute atomic E-state index is 12.8. The molecule has 0 saturated heterocycles. The van der Waals surface area contributed by atoms with Crippen LogP contribution in [-0.4, -0.2) is 20.8 Å². The molecule has 21 heavy (non-hydrogen) atoms. The average molecular weight is 307 g/mol. The number of hydrogen-bond donors (Lipinski definition) is 3. The molecular formula is C13H14FN5OS. The molecule has 1 amide bonds. The molecule has 8 heteroatoms. The number of carbonyl (C=O) groups is 1. The van der Waals surface area contributed by atoms with Crippen molar-refractivity contribution in [3.8, 4) is 0 Å². The first-order valence-electron chi connectivity index (χ1n) is 6.20. The van der Waals surface area contributed by atoms with E-state index in [0.29, 0.717) is 17.9 Å². The predicted octanol–water partition coefficient (Wildman–Crippen LogP) is 1.95. The van der Waals surface area contributed by atoms with Gasteiger partial charge in [0, 0.05) is 12.2 Å². The van der Waals surface area contributed by atoms with Gasteiger partial charge in [-0.25, -0.2) is 4.39 Å². The molecule has 0 aliphatic rings. The lowest BCUT2D eigenvalue weighted by Crippen LogP contribution is -2.23. The van der Waals surface area contributed by atoms with E-state index in [4.69, 9.17) is 18.0 Å². The Bertz CT molecular complexity index is 668. The molecular weight excluding hydrogens is 293 g/mol. The predicted molar refractivity (Wildman–Crippen MR) is 82.7 cm³/mol. The Morgan fingerprint density at radius 1 is 1.38 bits per heavy atom. The molecule has 0 fully saturated rings. The Hall–Kier alpha value is -2.48. The van der Waals surface area contributed by atoms with Gasteiger partial charge in [-0.05, 0) is 43.4 Å². The number of nitrogens with two attached hydrogens (primary N) is 1. The lowest BCUT2D eigenvalue weighted by molar-refractivity contribution is 0.0991. The van der Waals surface area contributed by atoms with Crippen molar-refractivity contribution in [1.82, 2.24) is 9.78 Å². The van der Waals surface area contributed by atoms with E-state index >= 15 is 0 Å². The van der Waals surface area contributed by atoms with Crippen molar-refractivity contribution >= 4 is 34.6 Å². The minimum Gasteiger partial charge on any atom is -0.364 e. The Kier molecular flexibility index (Phi) is 4.49. The lowest BCUT2D eigenvalue weighted by Gasteiger charge is -2.10. The summed E-state index contributed by atoms with van der Waals surface area (Å²) in [6.45, 7) is 2.36. The fourth-order valence-electron chi connectivity index (χ4n) is 1.79. The third kappa shape index (κ3) is 3.54. The maximum Gasteiger partial charge on any atom is 0.269 e. The second-order valence-corrected chi connectivity index (χ2v) is 4.58. The zero-order chi connectivity index (χ0) is 15.4. The van der Waals surface area contributed by atoms with Gasteiger partial charge in [0.1, 0.15) is 11.5 Å². The molecule has 0 unspecified atom stereocenters. The zero-order valence-electron chi connectivity index (χ0n) is 11.3. The molecule has 0 aliphatic heterocycles. The zero-order valence-corrected chi connectivity index (χ0v) is 12.1. The molecule has 1 heterocycles. The molecule has 0 saturated carbocycles. The number of aromatic nitrogens is 2. The molecule has 1 aromatic heterocycles. The van der Waals surface area contributed by atoms with Crippen LogP contribution in [0.3, 0.4) is 0 Å². The van der Waals surface area contributed by atoms with E-state index in [0.717, 1.165) is 0 Å². The van der Waals surface area contributed by atoms with Gasteiger partial charge in [-0.2, -0.15) is 5.10 Å². The monoisotopic (exact) mass is 307 g/mol. The van der Waals surface area contributed by atoms with E-state index in [-0.39, 0.29) is 16.6 Å². The van der Waals surface area contributed by atoms with Crippen LogP contribution in [0.4, 0.5) is 15.8 Å². The third-order valence-electron chi connectivity index (χ3n) is 2.72. The summed E-state index contributed by atoms with van der Waals surface area (Å²) in [5.41, 5.74) is 6.63. The second-order valence-electron chi connectivity index (χ2n) is 4.17. The first-order chi connectivity index (χ1) is 10.0. The molecule has 4 N–H and O–H groups in total. The molecule has 0 radical (unpaired) electrons. The SMILES string of the molecule is CCn1ncc(NC(=S)Nc2ccc(F)cc2)c1C(N)=O. The van der Waals surface area contributed by atoms with Gasteiger partial charge in [-0.3, -0.25) is 9.48 Å². The van der Waals surface area contributed by atoms with Crippen molar-refractivity contribution in [3.63, 3.8) is 0 Å². The van der Waals surface area contributed by atoms with Crippen molar-refractivity contribution in [3.05, 3.63) is 42.0 Å². The Balaban J connectivity index is 2.11. The molecule has 0 bridgehead atoms. The first-order valence-corrected chi connectivity index (χ1v) is 6.61. The van der Waals surface area contributed by atoms with Gasteiger partial charge >= 0.3 is 0 Å². The second kappa shape index (κ2) is 6.31. The van der Waals surface area contributed by atoms with Gasteiger partial charge in [0.25, 0.3) is 5.91 Å². The van der Waals surface area contributed by atoms with Crippen LogP contribution >= 0.6 is 12.2 Å². The Morgan fingerprint density at radius 2 is 2.05 bits per heavy atom. The number of amides is 1. The summed E-state index contributed by atoms with van der Waals surface area (Å²) in [5.74, 6) is -0.930. The highest BCUT2D eigenvalue weighted by Crippen LogP contribution is 2.15. The van der Waals surface area contributed by atoms with Crippen LogP contribution in [0.2, 0.25) is 0 Å². The molecule has 6 nitrogen and oxygen atoms in total. The Morgan fingerprint density at radius 3 is 2.62 bits per heavy atom. The topological polar surface area (TPSA) is 85.0 Å². The van der Waals surface area contributed by atoms with Crippen LogP contribution in [0.25, 0.3) is 0 Å². The van der Waals surface area contributed by atoms with E-state index in [1.807, 2.05) is 6.92 Å². The van der Waals surface area contributed by atoms with Gasteiger partial charge in [0.2, 0.25) is 0 Å². The average Bonchev–Trinajstić information content (AvgIpc) is 2.84. The molecule has 2 aromatic rings. The van der Waals surface area contributed by atoms with Crippen molar-refractivity contribution in [2.24, 2.45) is 5.73 Å². The molecule has 0 aliphatic carbocycles. The van der Waals surface area contributed by atoms with E-state index in [1.165, 1.54) is 23.0 Å². The van der Waals surface area contributed by atoms with Gasteiger partial charge in [0.05, 0.1) is 11.9 Å². The highest BCUT2D eigenvalue weighted by atomic mass is 32.1. The fraction of sp³-hybridized carbons (Fsp3) is 0.154. The minimum atomic E-state index is -0.596. The standard InChI is InChI=1S/C13H14FN5OS/c1-2-19-11(12(15)20)10(7-16-19)18-13(21)17-9-5-3-8(14)4-6-9/h3-7H,2H2,1H3,(H2,15,20)(H2,17,18,21). The maximum atomic E-state index is 12.8. The van der Waals surface area contributed by atoms with E-state index in [1.54, 1.807) is 12.1 Å². The van der Waals surface area contributed by atoms with Crippen LogP contribution in [0, 0.1) is 5.82 Å². The molecule has 0 atom stereocenters. The van der Waals surface area contributed by atoms with Crippen LogP contribution < -0.4 is 16.4 Å². The summed E-state index contributed by atoms with van der Waals surface area (Å²) < 4.78 is 14.3. The Labute approximate surface area is 126 Å². The molecule has 1 aromatic carbocycles. The van der Waals surface area contributed by atoms with Crippen molar-refractivity contribution in [2.75, 3.05) is 10.6 Å². The largest absolute Gasteiger partial charge is 0.364 e. The quantitative estimate of drug-likeness (QED) is 0.752. The van der Waals surface area contributed by atoms with Crippen molar-refractivity contribution < 1.29 is 9.18 Å². The van der Waals surface area contributed by atoms with Crippen molar-refractivity contribution in [2.45, 2.75) is 13.5 Å². The van der Waals surface area contributed by atoms with E-state index < -0.39 is 5.91 Å². The number of benzene rings is 1. The number of aryl methyl sites for hydroxylation is 1. The summed E-state index contributed by atoms with van der Waals surface area (Å²) in [7, 11) is 0. The van der Waals surface area contributed by atoms with Crippen LogP contribution in [0.15, 0.2) is 30.5 Å². The smallest absolute Gasteiger partial charge is 0.269 e. The van der Waals surface area contributed by atoms with E-state index in [9.17, 15) is 9.18 Å². The van der Waals surface area contributed by atoms with Gasteiger partial charge < -0.3 is 16.4 Å². The van der Waals surface area contributed by atoms with E-state index in [2.05, 4.69) is 15.7 Å². The number of hydrogen-bond acceptors (Lipinski definition) is 3. The number of halogens is 1. The first kappa shape index (κ1) is 14.9. The summed E-state index contributed by atoms with van der Waals surface area (Å²) >= 11 is 5.14. The number of nitrogens with zero attached hydrogens (tertiary/aromatic N) is 2. The number of thiocarbonyl (C=S) groups is 1. The highest BCUT2D eigenvalue weighted by molar-refractivity contribution is 7.80. The summed E-state index contributed by atoms with van der Waals surface area (Å²) in [4.78, 5) is 11.5. The fourth-order valence-corrected chi connectivity index (χ4v) is 2.02. The van der Waals surface area contributed by atoms with Crippen LogP contribution in [0.1, 0.15) is 17.4 Å². The molecule has 0 spiro atoms. The van der Waals surface area contributed by atoms with Crippen molar-refractivity contribution in [1.29, 1.82) is 0 Å². The normalized spacial score (nSPS) is 10.2. The minimum absolute atomic E-state index is 0.250. The van der Waals surface area contributed by atoms with Gasteiger partial charge in [-0.15, -0.1) is 0 Å². The lowest BCUT2D eigenvalue weighted by atomic mass is 10.3. The number of anilines is 2.